The van der Waals surface area contributed by atoms with Gasteiger partial charge in [-0.15, -0.1) is 11.3 Å². The SMILES string of the molecule is Cc1cc(C)c(C)c(OC(CN)c2ccc(Cl)s2)c1. The first-order valence-corrected chi connectivity index (χ1v) is 7.40. The van der Waals surface area contributed by atoms with Gasteiger partial charge in [0.05, 0.1) is 4.34 Å². The molecule has 0 saturated carbocycles. The molecule has 0 spiro atoms. The maximum atomic E-state index is 6.08. The zero-order chi connectivity index (χ0) is 14.0. The minimum Gasteiger partial charge on any atom is -0.483 e. The first-order valence-electron chi connectivity index (χ1n) is 6.21. The normalized spacial score (nSPS) is 12.5. The molecule has 0 amide bonds. The monoisotopic (exact) mass is 295 g/mol. The van der Waals surface area contributed by atoms with E-state index in [1.54, 1.807) is 0 Å². The average molecular weight is 296 g/mol. The molecular weight excluding hydrogens is 278 g/mol. The summed E-state index contributed by atoms with van der Waals surface area (Å²) in [5.74, 6) is 0.900. The topological polar surface area (TPSA) is 35.2 Å². The number of benzene rings is 1. The van der Waals surface area contributed by atoms with Gasteiger partial charge in [0.25, 0.3) is 0 Å². The average Bonchev–Trinajstić information content (AvgIpc) is 2.78. The van der Waals surface area contributed by atoms with Gasteiger partial charge < -0.3 is 10.5 Å². The van der Waals surface area contributed by atoms with Gasteiger partial charge in [0.2, 0.25) is 0 Å². The van der Waals surface area contributed by atoms with Gasteiger partial charge in [-0.3, -0.25) is 0 Å². The molecule has 0 aliphatic heterocycles. The maximum absolute atomic E-state index is 6.08. The number of aryl methyl sites for hydroxylation is 2. The van der Waals surface area contributed by atoms with Crippen molar-refractivity contribution in [3.8, 4) is 5.75 Å². The van der Waals surface area contributed by atoms with E-state index >= 15 is 0 Å². The van der Waals surface area contributed by atoms with Crippen molar-refractivity contribution in [1.82, 2.24) is 0 Å². The largest absolute Gasteiger partial charge is 0.483 e. The Morgan fingerprint density at radius 3 is 2.58 bits per heavy atom. The fourth-order valence-electron chi connectivity index (χ4n) is 2.00. The van der Waals surface area contributed by atoms with Crippen LogP contribution in [0.2, 0.25) is 4.34 Å². The molecule has 2 N–H and O–H groups in total. The van der Waals surface area contributed by atoms with Crippen LogP contribution < -0.4 is 10.5 Å². The second-order valence-electron chi connectivity index (χ2n) is 4.69. The zero-order valence-electron chi connectivity index (χ0n) is 11.4. The Kier molecular flexibility index (Phi) is 4.50. The van der Waals surface area contributed by atoms with Crippen LogP contribution >= 0.6 is 22.9 Å². The standard InChI is InChI=1S/C15H18ClNOS/c1-9-6-10(2)11(3)12(7-9)18-13(8-17)14-4-5-15(16)19-14/h4-7,13H,8,17H2,1-3H3. The van der Waals surface area contributed by atoms with Gasteiger partial charge in [-0.25, -0.2) is 0 Å². The number of rotatable bonds is 4. The van der Waals surface area contributed by atoms with Gasteiger partial charge >= 0.3 is 0 Å². The molecule has 0 bridgehead atoms. The smallest absolute Gasteiger partial charge is 0.145 e. The number of halogens is 1. The molecule has 1 aromatic heterocycles. The van der Waals surface area contributed by atoms with E-state index in [-0.39, 0.29) is 6.10 Å². The van der Waals surface area contributed by atoms with Crippen LogP contribution in [0.15, 0.2) is 24.3 Å². The molecule has 2 nitrogen and oxygen atoms in total. The predicted molar refractivity (Wildman–Crippen MR) is 82.4 cm³/mol. The highest BCUT2D eigenvalue weighted by Gasteiger charge is 2.16. The van der Waals surface area contributed by atoms with Crippen LogP contribution in [0, 0.1) is 20.8 Å². The van der Waals surface area contributed by atoms with Crippen molar-refractivity contribution < 1.29 is 4.74 Å². The molecule has 1 heterocycles. The van der Waals surface area contributed by atoms with E-state index in [4.69, 9.17) is 22.1 Å². The second kappa shape index (κ2) is 5.95. The Labute approximate surface area is 123 Å². The molecule has 0 aliphatic carbocycles. The Bertz CT molecular complexity index is 580. The first kappa shape index (κ1) is 14.4. The molecule has 102 valence electrons. The van der Waals surface area contributed by atoms with Crippen LogP contribution in [0.25, 0.3) is 0 Å². The minimum absolute atomic E-state index is 0.141. The summed E-state index contributed by atoms with van der Waals surface area (Å²) in [6.45, 7) is 6.66. The number of ether oxygens (including phenoxy) is 1. The number of hydrogen-bond acceptors (Lipinski definition) is 3. The molecule has 1 atom stereocenters. The molecule has 0 radical (unpaired) electrons. The molecule has 2 rings (SSSR count). The summed E-state index contributed by atoms with van der Waals surface area (Å²) >= 11 is 7.48. The Balaban J connectivity index is 2.28. The van der Waals surface area contributed by atoms with E-state index in [0.717, 1.165) is 20.5 Å². The summed E-state index contributed by atoms with van der Waals surface area (Å²) < 4.78 is 6.84. The molecule has 4 heteroatoms. The highest BCUT2D eigenvalue weighted by atomic mass is 35.5. The van der Waals surface area contributed by atoms with E-state index in [0.29, 0.717) is 6.54 Å². The lowest BCUT2D eigenvalue weighted by Gasteiger charge is -2.19. The maximum Gasteiger partial charge on any atom is 0.145 e. The van der Waals surface area contributed by atoms with Gasteiger partial charge in [-0.2, -0.15) is 0 Å². The lowest BCUT2D eigenvalue weighted by molar-refractivity contribution is 0.216. The second-order valence-corrected chi connectivity index (χ2v) is 6.44. The van der Waals surface area contributed by atoms with Gasteiger partial charge in [0, 0.05) is 11.4 Å². The molecule has 19 heavy (non-hydrogen) atoms. The van der Waals surface area contributed by atoms with Crippen molar-refractivity contribution in [3.63, 3.8) is 0 Å². The van der Waals surface area contributed by atoms with Crippen molar-refractivity contribution in [1.29, 1.82) is 0 Å². The molecule has 2 aromatic rings. The molecule has 0 saturated heterocycles. The zero-order valence-corrected chi connectivity index (χ0v) is 12.9. The van der Waals surface area contributed by atoms with Crippen LogP contribution in [0.4, 0.5) is 0 Å². The minimum atomic E-state index is -0.141. The van der Waals surface area contributed by atoms with E-state index < -0.39 is 0 Å². The van der Waals surface area contributed by atoms with Crippen molar-refractivity contribution >= 4 is 22.9 Å². The highest BCUT2D eigenvalue weighted by molar-refractivity contribution is 7.16. The van der Waals surface area contributed by atoms with Gasteiger partial charge in [-0.1, -0.05) is 17.7 Å². The predicted octanol–water partition coefficient (Wildman–Crippen LogP) is 4.41. The summed E-state index contributed by atoms with van der Waals surface area (Å²) in [5.41, 5.74) is 9.41. The molecule has 0 aliphatic rings. The van der Waals surface area contributed by atoms with Crippen LogP contribution in [0.5, 0.6) is 5.75 Å². The molecule has 1 aromatic carbocycles. The van der Waals surface area contributed by atoms with Crippen LogP contribution in [-0.4, -0.2) is 6.54 Å². The van der Waals surface area contributed by atoms with E-state index in [9.17, 15) is 0 Å². The molecule has 0 fully saturated rings. The summed E-state index contributed by atoms with van der Waals surface area (Å²) in [6, 6.07) is 8.06. The van der Waals surface area contributed by atoms with E-state index in [1.807, 2.05) is 12.1 Å². The van der Waals surface area contributed by atoms with Crippen molar-refractivity contribution in [2.45, 2.75) is 26.9 Å². The summed E-state index contributed by atoms with van der Waals surface area (Å²) in [5, 5.41) is 0. The van der Waals surface area contributed by atoms with Crippen molar-refractivity contribution in [2.24, 2.45) is 5.73 Å². The Morgan fingerprint density at radius 2 is 2.00 bits per heavy atom. The Hall–Kier alpha value is -1.03. The van der Waals surface area contributed by atoms with Crippen LogP contribution in [-0.2, 0) is 0 Å². The first-order chi connectivity index (χ1) is 9.01. The lowest BCUT2D eigenvalue weighted by atomic mass is 10.1. The lowest BCUT2D eigenvalue weighted by Crippen LogP contribution is -2.18. The van der Waals surface area contributed by atoms with Crippen molar-refractivity contribution in [2.75, 3.05) is 6.54 Å². The van der Waals surface area contributed by atoms with Gasteiger partial charge in [0.1, 0.15) is 11.9 Å². The third kappa shape index (κ3) is 3.30. The van der Waals surface area contributed by atoms with Crippen molar-refractivity contribution in [3.05, 3.63) is 50.2 Å². The van der Waals surface area contributed by atoms with Gasteiger partial charge in [0.15, 0.2) is 0 Å². The third-order valence-corrected chi connectivity index (χ3v) is 4.48. The number of hydrogen-bond donors (Lipinski definition) is 1. The van der Waals surface area contributed by atoms with E-state index in [1.165, 1.54) is 22.5 Å². The quantitative estimate of drug-likeness (QED) is 0.907. The highest BCUT2D eigenvalue weighted by Crippen LogP contribution is 2.32. The van der Waals surface area contributed by atoms with Crippen LogP contribution in [0.1, 0.15) is 27.7 Å². The fraction of sp³-hybridized carbons (Fsp3) is 0.333. The molecular formula is C15H18ClNOS. The van der Waals surface area contributed by atoms with Gasteiger partial charge in [-0.05, 0) is 55.7 Å². The fourth-order valence-corrected chi connectivity index (χ4v) is 3.10. The summed E-state index contributed by atoms with van der Waals surface area (Å²) in [7, 11) is 0. The summed E-state index contributed by atoms with van der Waals surface area (Å²) in [4.78, 5) is 1.06. The van der Waals surface area contributed by atoms with E-state index in [2.05, 4.69) is 32.9 Å². The third-order valence-electron chi connectivity index (χ3n) is 3.16. The Morgan fingerprint density at radius 1 is 1.26 bits per heavy atom. The molecule has 1 unspecified atom stereocenters. The number of nitrogens with two attached hydrogens (primary N) is 1. The summed E-state index contributed by atoms with van der Waals surface area (Å²) in [6.07, 6.45) is -0.141. The van der Waals surface area contributed by atoms with Crippen LogP contribution in [0.3, 0.4) is 0 Å². The number of thiophene rings is 1.